The van der Waals surface area contributed by atoms with Crippen LogP contribution >= 0.6 is 0 Å². The maximum absolute atomic E-state index is 13.2. The summed E-state index contributed by atoms with van der Waals surface area (Å²) in [5.41, 5.74) is 0.129. The van der Waals surface area contributed by atoms with Crippen LogP contribution in [0.3, 0.4) is 0 Å². The topological polar surface area (TPSA) is 98.1 Å². The molecule has 0 bridgehead atoms. The maximum atomic E-state index is 13.2. The van der Waals surface area contributed by atoms with Crippen LogP contribution < -0.4 is 14.2 Å². The van der Waals surface area contributed by atoms with Crippen molar-refractivity contribution in [3.05, 3.63) is 41.7 Å². The Hall–Kier alpha value is -2.52. The van der Waals surface area contributed by atoms with Gasteiger partial charge in [-0.1, -0.05) is 0 Å². The van der Waals surface area contributed by atoms with Crippen molar-refractivity contribution >= 4 is 15.9 Å². The van der Waals surface area contributed by atoms with Gasteiger partial charge in [-0.05, 0) is 63.9 Å². The molecule has 1 aromatic heterocycles. The fourth-order valence-electron chi connectivity index (χ4n) is 3.12. The van der Waals surface area contributed by atoms with Gasteiger partial charge >= 0.3 is 0 Å². The van der Waals surface area contributed by atoms with Gasteiger partial charge in [-0.3, -0.25) is 4.79 Å². The summed E-state index contributed by atoms with van der Waals surface area (Å²) in [5, 5.41) is -0.282. The summed E-state index contributed by atoms with van der Waals surface area (Å²) in [5.74, 6) is 0.928. The number of benzene rings is 1. The summed E-state index contributed by atoms with van der Waals surface area (Å²) in [6.07, 6.45) is 1.77. The number of nitrogens with zero attached hydrogens (tertiary/aromatic N) is 1. The van der Waals surface area contributed by atoms with E-state index in [1.165, 1.54) is 12.1 Å². The first-order chi connectivity index (χ1) is 14.0. The molecule has 2 aromatic rings. The Labute approximate surface area is 177 Å². The summed E-state index contributed by atoms with van der Waals surface area (Å²) in [6, 6.07) is 8.19. The Morgan fingerprint density at radius 3 is 2.43 bits per heavy atom. The molecule has 1 N–H and O–H groups in total. The number of amides is 1. The molecule has 0 saturated heterocycles. The van der Waals surface area contributed by atoms with Crippen molar-refractivity contribution in [2.24, 2.45) is 0 Å². The van der Waals surface area contributed by atoms with E-state index in [1.807, 2.05) is 6.07 Å². The molecule has 1 saturated carbocycles. The van der Waals surface area contributed by atoms with Crippen molar-refractivity contribution < 1.29 is 27.1 Å². The van der Waals surface area contributed by atoms with Gasteiger partial charge in [0, 0.05) is 17.1 Å². The fraction of sp³-hybridized carbons (Fsp3) is 0.476. The first-order valence-electron chi connectivity index (χ1n) is 9.70. The van der Waals surface area contributed by atoms with Crippen molar-refractivity contribution in [2.75, 3.05) is 14.2 Å². The molecule has 0 aliphatic heterocycles. The Bertz CT molecular complexity index is 1020. The van der Waals surface area contributed by atoms with Gasteiger partial charge in [0.25, 0.3) is 15.9 Å². The average Bonchev–Trinajstić information content (AvgIpc) is 3.37. The summed E-state index contributed by atoms with van der Waals surface area (Å²) < 4.78 is 43.7. The number of ether oxygens (including phenoxy) is 2. The van der Waals surface area contributed by atoms with E-state index in [2.05, 4.69) is 4.72 Å². The van der Waals surface area contributed by atoms with Gasteiger partial charge in [-0.15, -0.1) is 0 Å². The van der Waals surface area contributed by atoms with E-state index < -0.39 is 15.6 Å². The molecule has 30 heavy (non-hydrogen) atoms. The van der Waals surface area contributed by atoms with E-state index in [9.17, 15) is 13.2 Å². The first-order valence-corrected chi connectivity index (χ1v) is 11.2. The van der Waals surface area contributed by atoms with Crippen LogP contribution in [0.1, 0.15) is 49.7 Å². The number of carbonyl (C=O) groups excluding carboxylic acids is 1. The summed E-state index contributed by atoms with van der Waals surface area (Å²) >= 11 is 0. The third kappa shape index (κ3) is 5.14. The molecule has 1 heterocycles. The SMILES string of the molecule is COc1ccc(OC)c(CN(C(=O)c2ccc(S(=O)(=O)NC(C)(C)C)o2)C2CC2)c1. The summed E-state index contributed by atoms with van der Waals surface area (Å²) in [7, 11) is -0.718. The zero-order valence-electron chi connectivity index (χ0n) is 17.9. The van der Waals surface area contributed by atoms with Gasteiger partial charge in [0.2, 0.25) is 5.09 Å². The molecule has 164 valence electrons. The predicted octanol–water partition coefficient (Wildman–Crippen LogP) is 3.18. The minimum Gasteiger partial charge on any atom is -0.497 e. The lowest BCUT2D eigenvalue weighted by atomic mass is 10.1. The Morgan fingerprint density at radius 2 is 1.87 bits per heavy atom. The Kier molecular flexibility index (Phi) is 6.14. The Morgan fingerprint density at radius 1 is 1.17 bits per heavy atom. The molecule has 1 aromatic carbocycles. The molecule has 0 radical (unpaired) electrons. The van der Waals surface area contributed by atoms with Gasteiger partial charge < -0.3 is 18.8 Å². The van der Waals surface area contributed by atoms with Crippen LogP contribution in [-0.4, -0.2) is 45.0 Å². The number of rotatable bonds is 8. The molecule has 1 fully saturated rings. The van der Waals surface area contributed by atoms with Crippen LogP contribution in [0.15, 0.2) is 39.8 Å². The molecule has 0 spiro atoms. The van der Waals surface area contributed by atoms with Gasteiger partial charge in [0.15, 0.2) is 5.76 Å². The first kappa shape index (κ1) is 22.2. The highest BCUT2D eigenvalue weighted by molar-refractivity contribution is 7.89. The van der Waals surface area contributed by atoms with E-state index in [1.54, 1.807) is 52.0 Å². The number of hydrogen-bond donors (Lipinski definition) is 1. The molecule has 1 aliphatic rings. The lowest BCUT2D eigenvalue weighted by Gasteiger charge is -2.23. The van der Waals surface area contributed by atoms with Gasteiger partial charge in [-0.2, -0.15) is 0 Å². The maximum Gasteiger partial charge on any atom is 0.290 e. The summed E-state index contributed by atoms with van der Waals surface area (Å²) in [4.78, 5) is 14.8. The van der Waals surface area contributed by atoms with E-state index in [0.29, 0.717) is 18.0 Å². The van der Waals surface area contributed by atoms with Crippen LogP contribution in [0.2, 0.25) is 0 Å². The predicted molar refractivity (Wildman–Crippen MR) is 111 cm³/mol. The van der Waals surface area contributed by atoms with Crippen molar-refractivity contribution in [1.29, 1.82) is 0 Å². The zero-order chi connectivity index (χ0) is 22.1. The average molecular weight is 437 g/mol. The standard InChI is InChI=1S/C21H28N2O6S/c1-21(2,3)22-30(25,26)19-11-10-18(29-19)20(24)23(15-6-7-15)13-14-12-16(27-4)8-9-17(14)28-5/h8-12,15,22H,6-7,13H2,1-5H3. The molecular weight excluding hydrogens is 408 g/mol. The van der Waals surface area contributed by atoms with Gasteiger partial charge in [0.1, 0.15) is 11.5 Å². The van der Waals surface area contributed by atoms with Crippen molar-refractivity contribution in [3.63, 3.8) is 0 Å². The largest absolute Gasteiger partial charge is 0.497 e. The van der Waals surface area contributed by atoms with Crippen LogP contribution in [0.25, 0.3) is 0 Å². The third-order valence-electron chi connectivity index (χ3n) is 4.57. The van der Waals surface area contributed by atoms with Gasteiger partial charge in [-0.25, -0.2) is 13.1 Å². The molecule has 1 amide bonds. The minimum atomic E-state index is -3.86. The Balaban J connectivity index is 1.85. The lowest BCUT2D eigenvalue weighted by molar-refractivity contribution is 0.0690. The second kappa shape index (κ2) is 8.31. The fourth-order valence-corrected chi connectivity index (χ4v) is 4.47. The van der Waals surface area contributed by atoms with Crippen LogP contribution in [0, 0.1) is 0 Å². The van der Waals surface area contributed by atoms with Crippen molar-refractivity contribution in [2.45, 2.75) is 56.8 Å². The van der Waals surface area contributed by atoms with Crippen LogP contribution in [0.5, 0.6) is 11.5 Å². The number of methoxy groups -OCH3 is 2. The minimum absolute atomic E-state index is 0.0157. The van der Waals surface area contributed by atoms with Crippen molar-refractivity contribution in [1.82, 2.24) is 9.62 Å². The molecule has 9 heteroatoms. The molecule has 0 atom stereocenters. The normalized spacial score (nSPS) is 14.4. The molecule has 0 unspecified atom stereocenters. The number of hydrogen-bond acceptors (Lipinski definition) is 6. The van der Waals surface area contributed by atoms with E-state index in [0.717, 1.165) is 18.4 Å². The number of nitrogens with one attached hydrogen (secondary N) is 1. The van der Waals surface area contributed by atoms with E-state index in [-0.39, 0.29) is 22.8 Å². The highest BCUT2D eigenvalue weighted by atomic mass is 32.2. The van der Waals surface area contributed by atoms with E-state index >= 15 is 0 Å². The molecular formula is C21H28N2O6S. The third-order valence-corrected chi connectivity index (χ3v) is 6.20. The molecule has 1 aliphatic carbocycles. The quantitative estimate of drug-likeness (QED) is 0.683. The number of carbonyl (C=O) groups is 1. The monoisotopic (exact) mass is 436 g/mol. The number of furan rings is 1. The van der Waals surface area contributed by atoms with Crippen LogP contribution in [0.4, 0.5) is 0 Å². The molecule has 8 nitrogen and oxygen atoms in total. The van der Waals surface area contributed by atoms with Crippen LogP contribution in [-0.2, 0) is 16.6 Å². The van der Waals surface area contributed by atoms with Crippen molar-refractivity contribution in [3.8, 4) is 11.5 Å². The second-order valence-corrected chi connectivity index (χ2v) is 9.93. The highest BCUT2D eigenvalue weighted by Crippen LogP contribution is 2.33. The number of sulfonamides is 1. The lowest BCUT2D eigenvalue weighted by Crippen LogP contribution is -2.40. The smallest absolute Gasteiger partial charge is 0.290 e. The van der Waals surface area contributed by atoms with E-state index in [4.69, 9.17) is 13.9 Å². The highest BCUT2D eigenvalue weighted by Gasteiger charge is 2.36. The summed E-state index contributed by atoms with van der Waals surface area (Å²) in [6.45, 7) is 5.49. The molecule has 3 rings (SSSR count). The second-order valence-electron chi connectivity index (χ2n) is 8.32. The zero-order valence-corrected chi connectivity index (χ0v) is 18.7. The van der Waals surface area contributed by atoms with Gasteiger partial charge in [0.05, 0.1) is 20.8 Å².